The van der Waals surface area contributed by atoms with Gasteiger partial charge in [-0.2, -0.15) is 5.10 Å². The number of sulfonamides is 1. The maximum absolute atomic E-state index is 12.9. The number of amides is 1. The summed E-state index contributed by atoms with van der Waals surface area (Å²) in [6.45, 7) is 0.0889. The number of carbonyl (C=O) groups is 1. The van der Waals surface area contributed by atoms with Crippen molar-refractivity contribution in [1.82, 2.24) is 14.5 Å². The molecule has 0 atom stereocenters. The molecule has 0 fully saturated rings. The Morgan fingerprint density at radius 2 is 1.81 bits per heavy atom. The minimum Gasteiger partial charge on any atom is -0.287 e. The van der Waals surface area contributed by atoms with Crippen molar-refractivity contribution in [2.24, 2.45) is 0 Å². The number of benzene rings is 2. The normalized spacial score (nSPS) is 11.4. The van der Waals surface area contributed by atoms with E-state index in [9.17, 15) is 22.4 Å². The molecule has 0 aliphatic carbocycles. The monoisotopic (exact) mass is 375 g/mol. The van der Waals surface area contributed by atoms with Gasteiger partial charge in [-0.1, -0.05) is 12.1 Å². The Hall–Kier alpha value is -3.07. The van der Waals surface area contributed by atoms with E-state index in [1.54, 1.807) is 24.3 Å². The summed E-state index contributed by atoms with van der Waals surface area (Å²) in [7, 11) is -4.08. The molecule has 3 rings (SSSR count). The molecule has 7 nitrogen and oxygen atoms in total. The first kappa shape index (κ1) is 17.7. The number of aryl methyl sites for hydroxylation is 1. The van der Waals surface area contributed by atoms with Crippen LogP contribution in [0.25, 0.3) is 10.9 Å². The molecule has 0 saturated heterocycles. The molecule has 1 aromatic heterocycles. The van der Waals surface area contributed by atoms with Crippen LogP contribution in [0, 0.1) is 5.82 Å². The van der Waals surface area contributed by atoms with E-state index >= 15 is 0 Å². The third kappa shape index (κ3) is 3.77. The smallest absolute Gasteiger partial charge is 0.264 e. The number of aromatic nitrogens is 2. The number of nitrogens with zero attached hydrogens (tertiary/aromatic N) is 2. The quantitative estimate of drug-likeness (QED) is 0.727. The minimum atomic E-state index is -4.08. The Bertz CT molecular complexity index is 1120. The van der Waals surface area contributed by atoms with Gasteiger partial charge < -0.3 is 0 Å². The van der Waals surface area contributed by atoms with Crippen LogP contribution in [0.5, 0.6) is 0 Å². The molecule has 26 heavy (non-hydrogen) atoms. The van der Waals surface area contributed by atoms with Crippen molar-refractivity contribution in [2.45, 2.75) is 17.9 Å². The van der Waals surface area contributed by atoms with Crippen LogP contribution in [-0.2, 0) is 21.4 Å². The Morgan fingerprint density at radius 1 is 1.12 bits per heavy atom. The maximum atomic E-state index is 12.9. The molecule has 0 aliphatic heterocycles. The number of halogens is 1. The molecule has 2 aromatic carbocycles. The lowest BCUT2D eigenvalue weighted by atomic mass is 10.2. The van der Waals surface area contributed by atoms with Crippen molar-refractivity contribution < 1.29 is 17.6 Å². The highest BCUT2D eigenvalue weighted by atomic mass is 32.2. The lowest BCUT2D eigenvalue weighted by Crippen LogP contribution is -2.31. The largest absolute Gasteiger partial charge is 0.287 e. The lowest BCUT2D eigenvalue weighted by molar-refractivity contribution is -0.119. The van der Waals surface area contributed by atoms with Gasteiger partial charge in [-0.05, 0) is 36.4 Å². The van der Waals surface area contributed by atoms with Gasteiger partial charge in [0.25, 0.3) is 10.0 Å². The Morgan fingerprint density at radius 3 is 2.54 bits per heavy atom. The Labute approximate surface area is 148 Å². The molecule has 9 heteroatoms. The number of rotatable bonds is 5. The molecule has 0 saturated carbocycles. The van der Waals surface area contributed by atoms with Crippen LogP contribution in [0.3, 0.4) is 0 Å². The number of hydrogen-bond acceptors (Lipinski definition) is 5. The van der Waals surface area contributed by atoms with Crippen molar-refractivity contribution >= 4 is 26.8 Å². The third-order valence-electron chi connectivity index (χ3n) is 3.68. The van der Waals surface area contributed by atoms with E-state index < -0.39 is 21.7 Å². The molecule has 0 bridgehead atoms. The topological polar surface area (TPSA) is 98.1 Å². The predicted molar refractivity (Wildman–Crippen MR) is 92.3 cm³/mol. The molecular formula is C17H14FN3O4S. The summed E-state index contributed by atoms with van der Waals surface area (Å²) in [4.78, 5) is 23.6. The van der Waals surface area contributed by atoms with E-state index in [0.717, 1.165) is 30.5 Å². The summed E-state index contributed by atoms with van der Waals surface area (Å²) in [6, 6.07) is 10.9. The van der Waals surface area contributed by atoms with Crippen LogP contribution < -0.4 is 10.2 Å². The zero-order valence-electron chi connectivity index (χ0n) is 13.4. The van der Waals surface area contributed by atoms with E-state index in [-0.39, 0.29) is 23.3 Å². The fraction of sp³-hybridized carbons (Fsp3) is 0.118. The average molecular weight is 375 g/mol. The molecule has 3 aromatic rings. The molecule has 1 amide bonds. The van der Waals surface area contributed by atoms with Crippen LogP contribution in [-0.4, -0.2) is 24.1 Å². The summed E-state index contributed by atoms with van der Waals surface area (Å²) in [6.07, 6.45) is 0.982. The van der Waals surface area contributed by atoms with Gasteiger partial charge in [-0.3, -0.25) is 14.3 Å². The second kappa shape index (κ2) is 7.04. The molecule has 1 N–H and O–H groups in total. The molecule has 1 heterocycles. The van der Waals surface area contributed by atoms with E-state index in [4.69, 9.17) is 0 Å². The highest BCUT2D eigenvalue weighted by molar-refractivity contribution is 7.90. The molecule has 0 radical (unpaired) electrons. The van der Waals surface area contributed by atoms with Crippen molar-refractivity contribution in [3.63, 3.8) is 0 Å². The summed E-state index contributed by atoms with van der Waals surface area (Å²) in [5.41, 5.74) is 0.314. The van der Waals surface area contributed by atoms with Crippen LogP contribution in [0.15, 0.2) is 64.4 Å². The van der Waals surface area contributed by atoms with E-state index in [0.29, 0.717) is 10.9 Å². The second-order valence-electron chi connectivity index (χ2n) is 5.48. The number of para-hydroxylation sites is 1. The minimum absolute atomic E-state index is 0.0889. The average Bonchev–Trinajstić information content (AvgIpc) is 2.61. The van der Waals surface area contributed by atoms with Crippen LogP contribution in [0.4, 0.5) is 4.39 Å². The van der Waals surface area contributed by atoms with Gasteiger partial charge in [0.05, 0.1) is 23.2 Å². The molecular weight excluding hydrogens is 361 g/mol. The highest BCUT2D eigenvalue weighted by Gasteiger charge is 2.17. The molecule has 0 aliphatic rings. The van der Waals surface area contributed by atoms with Gasteiger partial charge in [0.1, 0.15) is 5.82 Å². The summed E-state index contributed by atoms with van der Waals surface area (Å²) in [5.74, 6) is -1.31. The summed E-state index contributed by atoms with van der Waals surface area (Å²) < 4.78 is 40.5. The van der Waals surface area contributed by atoms with Crippen LogP contribution >= 0.6 is 0 Å². The predicted octanol–water partition coefficient (Wildman–Crippen LogP) is 1.43. The number of carbonyl (C=O) groups excluding carboxylic acids is 1. The maximum Gasteiger partial charge on any atom is 0.264 e. The van der Waals surface area contributed by atoms with Crippen molar-refractivity contribution in [3.8, 4) is 0 Å². The van der Waals surface area contributed by atoms with Crippen LogP contribution in [0.1, 0.15) is 6.42 Å². The van der Waals surface area contributed by atoms with Gasteiger partial charge in [0.2, 0.25) is 11.3 Å². The van der Waals surface area contributed by atoms with E-state index in [1.165, 1.54) is 4.68 Å². The van der Waals surface area contributed by atoms with E-state index in [1.807, 2.05) is 4.72 Å². The second-order valence-corrected chi connectivity index (χ2v) is 7.16. The standard InChI is InChI=1S/C17H14FN3O4S/c18-12-5-7-13(8-6-12)26(24,25)20-17(23)9-10-21-15-4-2-1-3-14(15)16(22)11-19-21/h1-8,11H,9-10H2,(H,20,23). The first-order chi connectivity index (χ1) is 12.4. The third-order valence-corrected chi connectivity index (χ3v) is 5.07. The molecule has 134 valence electrons. The molecule has 0 spiro atoms. The summed E-state index contributed by atoms with van der Waals surface area (Å²) in [5, 5.41) is 4.44. The fourth-order valence-electron chi connectivity index (χ4n) is 2.42. The number of hydrogen-bond donors (Lipinski definition) is 1. The molecule has 0 unspecified atom stereocenters. The van der Waals surface area contributed by atoms with Gasteiger partial charge in [0, 0.05) is 11.8 Å². The highest BCUT2D eigenvalue weighted by Crippen LogP contribution is 2.11. The van der Waals surface area contributed by atoms with Crippen molar-refractivity contribution in [1.29, 1.82) is 0 Å². The fourth-order valence-corrected chi connectivity index (χ4v) is 3.43. The SMILES string of the molecule is O=C(CCn1ncc(=O)c2ccccc21)NS(=O)(=O)c1ccc(F)cc1. The van der Waals surface area contributed by atoms with Gasteiger partial charge in [-0.25, -0.2) is 17.5 Å². The van der Waals surface area contributed by atoms with Gasteiger partial charge in [0.15, 0.2) is 0 Å². The van der Waals surface area contributed by atoms with Crippen molar-refractivity contribution in [3.05, 3.63) is 70.8 Å². The first-order valence-electron chi connectivity index (χ1n) is 7.63. The summed E-state index contributed by atoms with van der Waals surface area (Å²) >= 11 is 0. The Kier molecular flexibility index (Phi) is 4.81. The van der Waals surface area contributed by atoms with Gasteiger partial charge >= 0.3 is 0 Å². The Balaban J connectivity index is 1.73. The van der Waals surface area contributed by atoms with Crippen LogP contribution in [0.2, 0.25) is 0 Å². The lowest BCUT2D eigenvalue weighted by Gasteiger charge is -2.10. The van der Waals surface area contributed by atoms with Crippen molar-refractivity contribution in [2.75, 3.05) is 0 Å². The first-order valence-corrected chi connectivity index (χ1v) is 9.11. The van der Waals surface area contributed by atoms with E-state index in [2.05, 4.69) is 5.10 Å². The number of fused-ring (bicyclic) bond motifs is 1. The number of nitrogens with one attached hydrogen (secondary N) is 1. The van der Waals surface area contributed by atoms with Gasteiger partial charge in [-0.15, -0.1) is 0 Å². The zero-order chi connectivity index (χ0) is 18.7. The zero-order valence-corrected chi connectivity index (χ0v) is 14.2.